The number of benzene rings is 2. The first kappa shape index (κ1) is 25.0. The summed E-state index contributed by atoms with van der Waals surface area (Å²) in [5.41, 5.74) is 1.81. The molecule has 31 heavy (non-hydrogen) atoms. The molecule has 170 valence electrons. The number of amides is 1. The molecule has 0 fully saturated rings. The maximum atomic E-state index is 12.2. The monoisotopic (exact) mass is 467 g/mol. The van der Waals surface area contributed by atoms with Gasteiger partial charge < -0.3 is 5.32 Å². The van der Waals surface area contributed by atoms with Gasteiger partial charge in [0.15, 0.2) is 0 Å². The molecule has 0 unspecified atom stereocenters. The molecule has 8 nitrogen and oxygen atoms in total. The molecule has 0 radical (unpaired) electrons. The number of rotatable bonds is 12. The van der Waals surface area contributed by atoms with Gasteiger partial charge >= 0.3 is 0 Å². The van der Waals surface area contributed by atoms with Crippen LogP contribution in [-0.2, 0) is 31.3 Å². The van der Waals surface area contributed by atoms with Crippen molar-refractivity contribution in [1.82, 2.24) is 14.8 Å². The van der Waals surface area contributed by atoms with Gasteiger partial charge in [0.05, 0.1) is 9.79 Å². The number of aryl methyl sites for hydroxylation is 2. The number of hydrogen-bond donors (Lipinski definition) is 3. The lowest BCUT2D eigenvalue weighted by atomic mass is 10.1. The molecule has 0 atom stereocenters. The smallest absolute Gasteiger partial charge is 0.240 e. The molecular formula is C21H29N3O5S2. The Bertz CT molecular complexity index is 1070. The second-order valence-electron chi connectivity index (χ2n) is 7.10. The molecule has 0 aliphatic rings. The molecule has 0 aromatic heterocycles. The highest BCUT2D eigenvalue weighted by atomic mass is 32.2. The fourth-order valence-electron chi connectivity index (χ4n) is 2.69. The molecule has 2 aromatic rings. The summed E-state index contributed by atoms with van der Waals surface area (Å²) in [5.74, 6) is -0.212. The summed E-state index contributed by atoms with van der Waals surface area (Å²) in [5, 5.41) is 2.67. The fourth-order valence-corrected chi connectivity index (χ4v) is 4.86. The highest BCUT2D eigenvalue weighted by Gasteiger charge is 2.14. The minimum absolute atomic E-state index is 0.0826. The summed E-state index contributed by atoms with van der Waals surface area (Å²) in [6.45, 7) is 4.39. The van der Waals surface area contributed by atoms with Gasteiger partial charge in [-0.1, -0.05) is 36.8 Å². The minimum Gasteiger partial charge on any atom is -0.355 e. The Balaban J connectivity index is 1.74. The lowest BCUT2D eigenvalue weighted by molar-refractivity contribution is -0.121. The SMILES string of the molecule is CCCNS(=O)(=O)c1ccc(CCC(=O)NCCNS(=O)(=O)c2ccc(C)cc2)cc1. The molecule has 3 N–H and O–H groups in total. The molecule has 0 bridgehead atoms. The molecule has 2 rings (SSSR count). The van der Waals surface area contributed by atoms with Crippen molar-refractivity contribution in [1.29, 1.82) is 0 Å². The van der Waals surface area contributed by atoms with E-state index in [-0.39, 0.29) is 35.2 Å². The van der Waals surface area contributed by atoms with Gasteiger partial charge in [0.2, 0.25) is 26.0 Å². The number of nitrogens with one attached hydrogen (secondary N) is 3. The van der Waals surface area contributed by atoms with E-state index in [1.54, 1.807) is 24.3 Å². The van der Waals surface area contributed by atoms with Crippen molar-refractivity contribution in [2.75, 3.05) is 19.6 Å². The zero-order valence-corrected chi connectivity index (χ0v) is 19.4. The van der Waals surface area contributed by atoms with E-state index in [1.807, 2.05) is 13.8 Å². The molecule has 0 heterocycles. The highest BCUT2D eigenvalue weighted by Crippen LogP contribution is 2.12. The Morgan fingerprint density at radius 3 is 1.84 bits per heavy atom. The Morgan fingerprint density at radius 1 is 0.774 bits per heavy atom. The van der Waals surface area contributed by atoms with Gasteiger partial charge in [0.25, 0.3) is 0 Å². The van der Waals surface area contributed by atoms with Crippen LogP contribution in [0.4, 0.5) is 0 Å². The molecule has 0 spiro atoms. The third-order valence-corrected chi connectivity index (χ3v) is 7.44. The quantitative estimate of drug-likeness (QED) is 0.410. The first-order chi connectivity index (χ1) is 14.6. The molecular weight excluding hydrogens is 438 g/mol. The lowest BCUT2D eigenvalue weighted by Gasteiger charge is -2.09. The molecule has 0 saturated heterocycles. The van der Waals surface area contributed by atoms with E-state index in [9.17, 15) is 21.6 Å². The molecule has 10 heteroatoms. The number of carbonyl (C=O) groups excluding carboxylic acids is 1. The number of carbonyl (C=O) groups is 1. The second kappa shape index (κ2) is 11.4. The van der Waals surface area contributed by atoms with Gasteiger partial charge in [-0.25, -0.2) is 26.3 Å². The van der Waals surface area contributed by atoms with Gasteiger partial charge in [-0.2, -0.15) is 0 Å². The summed E-state index contributed by atoms with van der Waals surface area (Å²) in [4.78, 5) is 12.4. The predicted molar refractivity (Wildman–Crippen MR) is 120 cm³/mol. The molecule has 0 aliphatic carbocycles. The van der Waals surface area contributed by atoms with E-state index in [1.165, 1.54) is 24.3 Å². The maximum Gasteiger partial charge on any atom is 0.240 e. The average molecular weight is 468 g/mol. The van der Waals surface area contributed by atoms with Crippen LogP contribution in [0, 0.1) is 6.92 Å². The van der Waals surface area contributed by atoms with Crippen LogP contribution in [0.3, 0.4) is 0 Å². The van der Waals surface area contributed by atoms with E-state index >= 15 is 0 Å². The second-order valence-corrected chi connectivity index (χ2v) is 10.6. The third-order valence-electron chi connectivity index (χ3n) is 4.49. The first-order valence-electron chi connectivity index (χ1n) is 10.1. The van der Waals surface area contributed by atoms with Crippen LogP contribution in [0.2, 0.25) is 0 Å². The molecule has 0 aliphatic heterocycles. The Kier molecular flexibility index (Phi) is 9.17. The Hall–Kier alpha value is -2.27. The van der Waals surface area contributed by atoms with Crippen LogP contribution >= 0.6 is 0 Å². The summed E-state index contributed by atoms with van der Waals surface area (Å²) in [6.07, 6.45) is 1.37. The van der Waals surface area contributed by atoms with E-state index in [0.717, 1.165) is 11.1 Å². The van der Waals surface area contributed by atoms with E-state index in [4.69, 9.17) is 0 Å². The van der Waals surface area contributed by atoms with Gasteiger partial charge in [0, 0.05) is 26.1 Å². The van der Waals surface area contributed by atoms with Crippen molar-refractivity contribution in [2.24, 2.45) is 0 Å². The van der Waals surface area contributed by atoms with Crippen LogP contribution in [0.25, 0.3) is 0 Å². The van der Waals surface area contributed by atoms with E-state index < -0.39 is 20.0 Å². The van der Waals surface area contributed by atoms with Crippen LogP contribution in [0.15, 0.2) is 58.3 Å². The summed E-state index contributed by atoms with van der Waals surface area (Å²) < 4.78 is 53.5. The zero-order chi connectivity index (χ0) is 22.9. The van der Waals surface area contributed by atoms with Crippen molar-refractivity contribution in [2.45, 2.75) is 42.9 Å². The fraction of sp³-hybridized carbons (Fsp3) is 0.381. The Morgan fingerprint density at radius 2 is 1.29 bits per heavy atom. The lowest BCUT2D eigenvalue weighted by Crippen LogP contribution is -2.34. The highest BCUT2D eigenvalue weighted by molar-refractivity contribution is 7.89. The summed E-state index contributed by atoms with van der Waals surface area (Å²) in [7, 11) is -7.11. The summed E-state index contributed by atoms with van der Waals surface area (Å²) >= 11 is 0. The topological polar surface area (TPSA) is 121 Å². The van der Waals surface area contributed by atoms with Crippen LogP contribution in [-0.4, -0.2) is 42.4 Å². The number of hydrogen-bond acceptors (Lipinski definition) is 5. The van der Waals surface area contributed by atoms with Crippen molar-refractivity contribution < 1.29 is 21.6 Å². The zero-order valence-electron chi connectivity index (χ0n) is 17.7. The average Bonchev–Trinajstić information content (AvgIpc) is 2.74. The Labute approximate surface area is 184 Å². The van der Waals surface area contributed by atoms with E-state index in [0.29, 0.717) is 19.4 Å². The van der Waals surface area contributed by atoms with Gasteiger partial charge in [0.1, 0.15) is 0 Å². The van der Waals surface area contributed by atoms with Gasteiger partial charge in [-0.3, -0.25) is 4.79 Å². The third kappa shape index (κ3) is 8.06. The van der Waals surface area contributed by atoms with Gasteiger partial charge in [-0.05, 0) is 49.6 Å². The first-order valence-corrected chi connectivity index (χ1v) is 13.0. The largest absolute Gasteiger partial charge is 0.355 e. The molecule has 0 saturated carbocycles. The van der Waals surface area contributed by atoms with Crippen molar-refractivity contribution in [3.05, 3.63) is 59.7 Å². The van der Waals surface area contributed by atoms with Crippen LogP contribution in [0.1, 0.15) is 30.9 Å². The number of sulfonamides is 2. The standard InChI is InChI=1S/C21H29N3O5S2/c1-3-14-23-30(26,27)20-11-6-18(7-12-20)8-13-21(25)22-15-16-24-31(28,29)19-9-4-17(2)5-10-19/h4-7,9-12,23-24H,3,8,13-16H2,1-2H3,(H,22,25). The maximum absolute atomic E-state index is 12.2. The normalized spacial score (nSPS) is 11.9. The van der Waals surface area contributed by atoms with E-state index in [2.05, 4.69) is 14.8 Å². The van der Waals surface area contributed by atoms with Gasteiger partial charge in [-0.15, -0.1) is 0 Å². The van der Waals surface area contributed by atoms with Crippen LogP contribution in [0.5, 0.6) is 0 Å². The van der Waals surface area contributed by atoms with Crippen LogP contribution < -0.4 is 14.8 Å². The molecule has 1 amide bonds. The van der Waals surface area contributed by atoms with Crippen molar-refractivity contribution in [3.63, 3.8) is 0 Å². The van der Waals surface area contributed by atoms with Crippen molar-refractivity contribution >= 4 is 26.0 Å². The van der Waals surface area contributed by atoms with Crippen molar-refractivity contribution in [3.8, 4) is 0 Å². The summed E-state index contributed by atoms with van der Waals surface area (Å²) in [6, 6.07) is 12.9. The minimum atomic E-state index is -3.61. The predicted octanol–water partition coefficient (Wildman–Crippen LogP) is 1.71. The molecule has 2 aromatic carbocycles.